The second kappa shape index (κ2) is 13.1. The smallest absolute Gasteiger partial charge is 0.0546 e. The summed E-state index contributed by atoms with van der Waals surface area (Å²) in [6, 6.07) is 67.5. The van der Waals surface area contributed by atoms with Crippen molar-refractivity contribution in [2.24, 2.45) is 17.8 Å². The Kier molecular flexibility index (Phi) is 7.76. The third-order valence-corrected chi connectivity index (χ3v) is 13.4. The molecule has 266 valence electrons. The Hall–Kier alpha value is -5.92. The fourth-order valence-electron chi connectivity index (χ4n) is 11.2. The fraction of sp³-hybridized carbons (Fsp3) is 0.185. The van der Waals surface area contributed by atoms with Gasteiger partial charge in [-0.05, 0) is 147 Å². The molecule has 1 nitrogen and oxygen atoms in total. The molecule has 0 N–H and O–H groups in total. The van der Waals surface area contributed by atoms with Gasteiger partial charge in [0, 0.05) is 16.8 Å². The van der Waals surface area contributed by atoms with Gasteiger partial charge in [-0.2, -0.15) is 0 Å². The van der Waals surface area contributed by atoms with E-state index in [9.17, 15) is 0 Å². The van der Waals surface area contributed by atoms with Crippen LogP contribution in [0.3, 0.4) is 0 Å². The lowest BCUT2D eigenvalue weighted by atomic mass is 9.48. The summed E-state index contributed by atoms with van der Waals surface area (Å²) in [6.07, 6.45) is 8.74. The molecular weight excluding hydrogens is 663 g/mol. The summed E-state index contributed by atoms with van der Waals surface area (Å²) in [7, 11) is 0. The van der Waals surface area contributed by atoms with E-state index in [-0.39, 0.29) is 0 Å². The second-order valence-corrected chi connectivity index (χ2v) is 16.8. The first kappa shape index (κ1) is 32.5. The van der Waals surface area contributed by atoms with Crippen LogP contribution in [0.15, 0.2) is 182 Å². The summed E-state index contributed by atoms with van der Waals surface area (Å²) in [5, 5.41) is 5.01. The number of nitrogens with zero attached hydrogens (tertiary/aromatic N) is 1. The third-order valence-electron chi connectivity index (χ3n) is 13.4. The van der Waals surface area contributed by atoms with Crippen LogP contribution >= 0.6 is 0 Å². The Labute approximate surface area is 324 Å². The molecule has 4 aliphatic rings. The van der Waals surface area contributed by atoms with Crippen LogP contribution in [0, 0.1) is 17.8 Å². The normalized spacial score (nSPS) is 21.3. The molecule has 8 aromatic rings. The molecule has 0 aromatic heterocycles. The standard InChI is InChI=1S/C54H45N/c1-2-8-40(9-3-1)44-20-26-48(27-21-44)55(53-33-46-10-4-5-11-50(46)51-12-6-7-13-52(51)53)49-28-22-45(23-29-49)42-16-14-41(15-17-42)43-18-24-47(25-19-43)54-34-37-30-38(35-54)32-39(31-37)36-54/h1-29,33,37-39H,30-32,34-36H2. The van der Waals surface area contributed by atoms with E-state index < -0.39 is 0 Å². The van der Waals surface area contributed by atoms with E-state index in [1.807, 2.05) is 0 Å². The number of benzene rings is 8. The highest BCUT2D eigenvalue weighted by molar-refractivity contribution is 6.14. The molecule has 4 fully saturated rings. The Morgan fingerprint density at radius 2 is 0.764 bits per heavy atom. The number of fused-ring (bicyclic) bond motifs is 3. The molecule has 8 aromatic carbocycles. The van der Waals surface area contributed by atoms with Crippen molar-refractivity contribution in [3.05, 3.63) is 188 Å². The van der Waals surface area contributed by atoms with E-state index in [4.69, 9.17) is 0 Å². The first-order chi connectivity index (χ1) is 27.2. The summed E-state index contributed by atoms with van der Waals surface area (Å²) in [6.45, 7) is 0. The topological polar surface area (TPSA) is 3.24 Å². The predicted octanol–water partition coefficient (Wildman–Crippen LogP) is 14.9. The number of anilines is 3. The maximum atomic E-state index is 2.47. The molecule has 0 aliphatic heterocycles. The van der Waals surface area contributed by atoms with Crippen molar-refractivity contribution in [1.29, 1.82) is 0 Å². The fourth-order valence-corrected chi connectivity index (χ4v) is 11.2. The van der Waals surface area contributed by atoms with Crippen LogP contribution in [-0.4, -0.2) is 0 Å². The van der Waals surface area contributed by atoms with Crippen LogP contribution in [0.5, 0.6) is 0 Å². The molecule has 0 spiro atoms. The van der Waals surface area contributed by atoms with E-state index in [1.54, 1.807) is 5.56 Å². The SMILES string of the molecule is c1ccc(-c2ccc(N(c3ccc(-c4ccc(-c5ccc(C67CC8CC(CC(C8)C6)C7)cc5)cc4)cc3)c3cc4ccccc4c4ccccc34)cc2)cc1. The van der Waals surface area contributed by atoms with Gasteiger partial charge in [-0.25, -0.2) is 0 Å². The van der Waals surface area contributed by atoms with E-state index in [0.29, 0.717) is 5.41 Å². The van der Waals surface area contributed by atoms with Gasteiger partial charge in [-0.3, -0.25) is 0 Å². The highest BCUT2D eigenvalue weighted by atomic mass is 15.1. The van der Waals surface area contributed by atoms with Crippen LogP contribution in [0.25, 0.3) is 54.9 Å². The van der Waals surface area contributed by atoms with Crippen molar-refractivity contribution < 1.29 is 0 Å². The molecule has 1 heteroatoms. The summed E-state index contributed by atoms with van der Waals surface area (Å²) >= 11 is 0. The van der Waals surface area contributed by atoms with E-state index in [2.05, 4.69) is 187 Å². The van der Waals surface area contributed by atoms with E-state index in [0.717, 1.165) is 29.1 Å². The largest absolute Gasteiger partial charge is 0.310 e. The second-order valence-electron chi connectivity index (χ2n) is 16.8. The zero-order valence-electron chi connectivity index (χ0n) is 31.2. The molecule has 4 bridgehead atoms. The third kappa shape index (κ3) is 5.76. The van der Waals surface area contributed by atoms with Gasteiger partial charge in [0.25, 0.3) is 0 Å². The van der Waals surface area contributed by atoms with Gasteiger partial charge in [-0.15, -0.1) is 0 Å². The Balaban J connectivity index is 0.913. The molecule has 4 saturated carbocycles. The van der Waals surface area contributed by atoms with E-state index in [1.165, 1.54) is 99.1 Å². The molecule has 0 heterocycles. The van der Waals surface area contributed by atoms with E-state index >= 15 is 0 Å². The van der Waals surface area contributed by atoms with Crippen molar-refractivity contribution >= 4 is 38.6 Å². The first-order valence-electron chi connectivity index (χ1n) is 20.3. The molecule has 0 saturated heterocycles. The highest BCUT2D eigenvalue weighted by Crippen LogP contribution is 2.60. The van der Waals surface area contributed by atoms with Crippen LogP contribution in [0.4, 0.5) is 17.1 Å². The summed E-state index contributed by atoms with van der Waals surface area (Å²) in [5.74, 6) is 2.92. The van der Waals surface area contributed by atoms with Gasteiger partial charge < -0.3 is 4.90 Å². The van der Waals surface area contributed by atoms with Crippen molar-refractivity contribution in [3.63, 3.8) is 0 Å². The average Bonchev–Trinajstić information content (AvgIpc) is 3.24. The minimum Gasteiger partial charge on any atom is -0.310 e. The van der Waals surface area contributed by atoms with Gasteiger partial charge in [0.15, 0.2) is 0 Å². The maximum Gasteiger partial charge on any atom is 0.0546 e. The van der Waals surface area contributed by atoms with Crippen LogP contribution in [-0.2, 0) is 5.41 Å². The monoisotopic (exact) mass is 707 g/mol. The quantitative estimate of drug-likeness (QED) is 0.149. The average molecular weight is 708 g/mol. The van der Waals surface area contributed by atoms with Crippen molar-refractivity contribution in [3.8, 4) is 33.4 Å². The van der Waals surface area contributed by atoms with Crippen molar-refractivity contribution in [2.45, 2.75) is 43.9 Å². The van der Waals surface area contributed by atoms with Gasteiger partial charge >= 0.3 is 0 Å². The lowest BCUT2D eigenvalue weighted by Gasteiger charge is -2.57. The van der Waals surface area contributed by atoms with Crippen LogP contribution in [0.2, 0.25) is 0 Å². The Morgan fingerprint density at radius 3 is 1.29 bits per heavy atom. The molecule has 0 radical (unpaired) electrons. The van der Waals surface area contributed by atoms with Gasteiger partial charge in [-0.1, -0.05) is 152 Å². The molecule has 0 amide bonds. The minimum absolute atomic E-state index is 0.450. The summed E-state index contributed by atoms with van der Waals surface area (Å²) < 4.78 is 0. The molecule has 0 atom stereocenters. The maximum absolute atomic E-state index is 2.47. The van der Waals surface area contributed by atoms with Crippen molar-refractivity contribution in [1.82, 2.24) is 0 Å². The number of hydrogen-bond acceptors (Lipinski definition) is 1. The molecule has 4 aliphatic carbocycles. The Bertz CT molecular complexity index is 2600. The zero-order chi connectivity index (χ0) is 36.3. The summed E-state index contributed by atoms with van der Waals surface area (Å²) in [4.78, 5) is 2.42. The van der Waals surface area contributed by atoms with Gasteiger partial charge in [0.05, 0.1) is 5.69 Å². The minimum atomic E-state index is 0.450. The molecular formula is C54H45N. The zero-order valence-corrected chi connectivity index (χ0v) is 31.2. The predicted molar refractivity (Wildman–Crippen MR) is 232 cm³/mol. The van der Waals surface area contributed by atoms with Gasteiger partial charge in [0.2, 0.25) is 0 Å². The lowest BCUT2D eigenvalue weighted by molar-refractivity contribution is -0.00518. The first-order valence-corrected chi connectivity index (χ1v) is 20.3. The molecule has 55 heavy (non-hydrogen) atoms. The molecule has 0 unspecified atom stereocenters. The molecule has 12 rings (SSSR count). The summed E-state index contributed by atoms with van der Waals surface area (Å²) in [5.41, 5.74) is 13.0. The lowest BCUT2D eigenvalue weighted by Crippen LogP contribution is -2.48. The van der Waals surface area contributed by atoms with Gasteiger partial charge in [0.1, 0.15) is 0 Å². The number of hydrogen-bond donors (Lipinski definition) is 0. The Morgan fingerprint density at radius 1 is 0.364 bits per heavy atom. The highest BCUT2D eigenvalue weighted by Gasteiger charge is 2.51. The van der Waals surface area contributed by atoms with Crippen LogP contribution < -0.4 is 4.90 Å². The van der Waals surface area contributed by atoms with Crippen LogP contribution in [0.1, 0.15) is 44.1 Å². The number of rotatable bonds is 7. The van der Waals surface area contributed by atoms with Crippen molar-refractivity contribution in [2.75, 3.05) is 4.90 Å².